The van der Waals surface area contributed by atoms with Crippen molar-refractivity contribution in [3.63, 3.8) is 0 Å². The summed E-state index contributed by atoms with van der Waals surface area (Å²) in [6.45, 7) is 3.67. The molecule has 0 heterocycles. The molecule has 1 rings (SSSR count). The van der Waals surface area contributed by atoms with E-state index in [9.17, 15) is 14.4 Å². The fourth-order valence-electron chi connectivity index (χ4n) is 1.75. The highest BCUT2D eigenvalue weighted by atomic mass is 16.4. The Balaban J connectivity index is 2.87. The van der Waals surface area contributed by atoms with Gasteiger partial charge in [0.1, 0.15) is 6.04 Å². The monoisotopic (exact) mass is 264 g/mol. The third-order valence-corrected chi connectivity index (χ3v) is 2.49. The Morgan fingerprint density at radius 3 is 2.16 bits per heavy atom. The van der Waals surface area contributed by atoms with Gasteiger partial charge in [0.2, 0.25) is 5.91 Å². The van der Waals surface area contributed by atoms with E-state index >= 15 is 0 Å². The van der Waals surface area contributed by atoms with E-state index in [0.29, 0.717) is 5.56 Å². The van der Waals surface area contributed by atoms with E-state index in [1.54, 1.807) is 12.1 Å². The first-order chi connectivity index (χ1) is 8.79. The minimum Gasteiger partial charge on any atom is -0.480 e. The Hall–Kier alpha value is -2.37. The predicted molar refractivity (Wildman–Crippen MR) is 68.6 cm³/mol. The average molecular weight is 264 g/mol. The molecule has 0 saturated heterocycles. The van der Waals surface area contributed by atoms with Crippen molar-refractivity contribution < 1.29 is 19.5 Å². The number of aliphatic carboxylic acids is 1. The fraction of sp³-hybridized carbons (Fsp3) is 0.308. The van der Waals surface area contributed by atoms with Crippen molar-refractivity contribution in [3.8, 4) is 0 Å². The molecule has 0 saturated carbocycles. The molecule has 0 unspecified atom stereocenters. The highest BCUT2D eigenvalue weighted by molar-refractivity contribution is 5.97. The van der Waals surface area contributed by atoms with Crippen molar-refractivity contribution >= 4 is 17.8 Å². The van der Waals surface area contributed by atoms with Crippen molar-refractivity contribution in [2.24, 2.45) is 5.73 Å². The zero-order chi connectivity index (χ0) is 14.6. The highest BCUT2D eigenvalue weighted by Gasteiger charge is 2.22. The molecule has 0 aromatic heterocycles. The molecule has 0 radical (unpaired) electrons. The summed E-state index contributed by atoms with van der Waals surface area (Å²) in [6.07, 6.45) is -0.439. The topological polar surface area (TPSA) is 109 Å². The molecule has 0 bridgehead atoms. The number of carbonyl (C=O) groups is 3. The smallest absolute Gasteiger partial charge is 0.326 e. The lowest BCUT2D eigenvalue weighted by atomic mass is 10.1. The molecule has 102 valence electrons. The number of aryl methyl sites for hydroxylation is 2. The largest absolute Gasteiger partial charge is 0.480 e. The van der Waals surface area contributed by atoms with Crippen LogP contribution in [0.4, 0.5) is 0 Å². The summed E-state index contributed by atoms with van der Waals surface area (Å²) in [7, 11) is 0. The Morgan fingerprint density at radius 1 is 1.21 bits per heavy atom. The minimum atomic E-state index is -1.31. The molecule has 0 spiro atoms. The van der Waals surface area contributed by atoms with E-state index in [4.69, 9.17) is 10.8 Å². The van der Waals surface area contributed by atoms with E-state index in [1.807, 2.05) is 19.9 Å². The van der Waals surface area contributed by atoms with Crippen molar-refractivity contribution in [2.75, 3.05) is 0 Å². The number of nitrogens with two attached hydrogens (primary N) is 1. The first kappa shape index (κ1) is 14.7. The molecular formula is C13H16N2O4. The van der Waals surface area contributed by atoms with E-state index in [2.05, 4.69) is 5.32 Å². The van der Waals surface area contributed by atoms with Crippen molar-refractivity contribution in [1.29, 1.82) is 0 Å². The quantitative estimate of drug-likeness (QED) is 0.713. The maximum absolute atomic E-state index is 11.9. The zero-order valence-electron chi connectivity index (χ0n) is 10.8. The van der Waals surface area contributed by atoms with E-state index in [1.165, 1.54) is 0 Å². The van der Waals surface area contributed by atoms with Crippen LogP contribution in [0.15, 0.2) is 18.2 Å². The van der Waals surface area contributed by atoms with Gasteiger partial charge in [-0.05, 0) is 26.0 Å². The molecule has 0 aliphatic heterocycles. The van der Waals surface area contributed by atoms with Crippen LogP contribution in [-0.4, -0.2) is 28.9 Å². The highest BCUT2D eigenvalue weighted by Crippen LogP contribution is 2.09. The summed E-state index contributed by atoms with van der Waals surface area (Å²) in [6, 6.07) is 3.87. The molecule has 1 aromatic carbocycles. The van der Waals surface area contributed by atoms with Crippen LogP contribution < -0.4 is 11.1 Å². The van der Waals surface area contributed by atoms with Crippen LogP contribution in [0.2, 0.25) is 0 Å². The molecule has 0 fully saturated rings. The lowest BCUT2D eigenvalue weighted by Gasteiger charge is -2.13. The summed E-state index contributed by atoms with van der Waals surface area (Å²) in [4.78, 5) is 33.6. The molecule has 6 nitrogen and oxygen atoms in total. The van der Waals surface area contributed by atoms with Gasteiger partial charge in [-0.15, -0.1) is 0 Å². The van der Waals surface area contributed by atoms with Gasteiger partial charge >= 0.3 is 5.97 Å². The van der Waals surface area contributed by atoms with Gasteiger partial charge in [-0.25, -0.2) is 4.79 Å². The molecule has 1 atom stereocenters. The SMILES string of the molecule is Cc1cc(C)cc(C(=O)N[C@@H](CC(N)=O)C(=O)O)c1. The molecular weight excluding hydrogens is 248 g/mol. The second kappa shape index (κ2) is 5.99. The van der Waals surface area contributed by atoms with E-state index in [0.717, 1.165) is 11.1 Å². The Morgan fingerprint density at radius 2 is 1.74 bits per heavy atom. The Bertz CT molecular complexity index is 505. The van der Waals surface area contributed by atoms with E-state index < -0.39 is 30.2 Å². The lowest BCUT2D eigenvalue weighted by Crippen LogP contribution is -2.43. The predicted octanol–water partition coefficient (Wildman–Crippen LogP) is 0.362. The number of carboxylic acid groups (broad SMARTS) is 1. The maximum atomic E-state index is 11.9. The van der Waals surface area contributed by atoms with Gasteiger partial charge < -0.3 is 16.2 Å². The van der Waals surface area contributed by atoms with Gasteiger partial charge in [-0.1, -0.05) is 17.2 Å². The van der Waals surface area contributed by atoms with Crippen molar-refractivity contribution in [3.05, 3.63) is 34.9 Å². The number of benzene rings is 1. The van der Waals surface area contributed by atoms with Crippen molar-refractivity contribution in [1.82, 2.24) is 5.32 Å². The summed E-state index contributed by atoms with van der Waals surface area (Å²) in [5, 5.41) is 11.2. The first-order valence-electron chi connectivity index (χ1n) is 5.70. The van der Waals surface area contributed by atoms with Gasteiger partial charge in [0.15, 0.2) is 0 Å². The zero-order valence-corrected chi connectivity index (χ0v) is 10.8. The van der Waals surface area contributed by atoms with Crippen LogP contribution in [0.3, 0.4) is 0 Å². The molecule has 6 heteroatoms. The van der Waals surface area contributed by atoms with Crippen LogP contribution in [0.25, 0.3) is 0 Å². The number of amides is 2. The number of primary amides is 1. The van der Waals surface area contributed by atoms with Crippen LogP contribution >= 0.6 is 0 Å². The maximum Gasteiger partial charge on any atom is 0.326 e. The summed E-state index contributed by atoms with van der Waals surface area (Å²) < 4.78 is 0. The number of nitrogens with one attached hydrogen (secondary N) is 1. The molecule has 19 heavy (non-hydrogen) atoms. The molecule has 4 N–H and O–H groups in total. The normalized spacial score (nSPS) is 11.7. The van der Waals surface area contributed by atoms with Crippen LogP contribution in [0, 0.1) is 13.8 Å². The second-order valence-corrected chi connectivity index (χ2v) is 4.41. The number of hydrogen-bond donors (Lipinski definition) is 3. The van der Waals surface area contributed by atoms with Crippen LogP contribution in [0.1, 0.15) is 27.9 Å². The molecule has 1 aromatic rings. The number of carbonyl (C=O) groups excluding carboxylic acids is 2. The number of carboxylic acids is 1. The Kier molecular flexibility index (Phi) is 4.63. The fourth-order valence-corrected chi connectivity index (χ4v) is 1.75. The van der Waals surface area contributed by atoms with Gasteiger partial charge in [0.05, 0.1) is 6.42 Å². The first-order valence-corrected chi connectivity index (χ1v) is 5.70. The van der Waals surface area contributed by atoms with Gasteiger partial charge in [-0.2, -0.15) is 0 Å². The van der Waals surface area contributed by atoms with E-state index in [-0.39, 0.29) is 0 Å². The standard InChI is InChI=1S/C13H16N2O4/c1-7-3-8(2)5-9(4-7)12(17)15-10(13(18)19)6-11(14)16/h3-5,10H,6H2,1-2H3,(H2,14,16)(H,15,17)(H,18,19)/t10-/m0/s1. The third-order valence-electron chi connectivity index (χ3n) is 2.49. The Labute approximate surface area is 110 Å². The minimum absolute atomic E-state index is 0.355. The second-order valence-electron chi connectivity index (χ2n) is 4.41. The number of hydrogen-bond acceptors (Lipinski definition) is 3. The molecule has 2 amide bonds. The van der Waals surface area contributed by atoms with Crippen LogP contribution in [-0.2, 0) is 9.59 Å². The van der Waals surface area contributed by atoms with Gasteiger partial charge in [0, 0.05) is 5.56 Å². The molecule has 0 aliphatic carbocycles. The van der Waals surface area contributed by atoms with Crippen molar-refractivity contribution in [2.45, 2.75) is 26.3 Å². The summed E-state index contributed by atoms with van der Waals surface area (Å²) in [5.41, 5.74) is 7.09. The lowest BCUT2D eigenvalue weighted by molar-refractivity contribution is -0.140. The number of rotatable bonds is 5. The average Bonchev–Trinajstić information content (AvgIpc) is 2.25. The molecule has 0 aliphatic rings. The summed E-state index contributed by atoms with van der Waals surface area (Å²) >= 11 is 0. The summed E-state index contributed by atoms with van der Waals surface area (Å²) in [5.74, 6) is -2.62. The van der Waals surface area contributed by atoms with Gasteiger partial charge in [0.25, 0.3) is 5.91 Å². The van der Waals surface area contributed by atoms with Crippen LogP contribution in [0.5, 0.6) is 0 Å². The van der Waals surface area contributed by atoms with Gasteiger partial charge in [-0.3, -0.25) is 9.59 Å². The third kappa shape index (κ3) is 4.42.